The zero-order valence-corrected chi connectivity index (χ0v) is 15.9. The second-order valence-corrected chi connectivity index (χ2v) is 6.68. The molecule has 0 bridgehead atoms. The lowest BCUT2D eigenvalue weighted by Crippen LogP contribution is -2.44. The highest BCUT2D eigenvalue weighted by Crippen LogP contribution is 2.22. The van der Waals surface area contributed by atoms with Crippen molar-refractivity contribution in [2.45, 2.75) is 13.0 Å². The van der Waals surface area contributed by atoms with Crippen LogP contribution < -0.4 is 26.5 Å². The highest BCUT2D eigenvalue weighted by atomic mass is 32.1. The lowest BCUT2D eigenvalue weighted by atomic mass is 10.3. The Morgan fingerprint density at radius 1 is 1.18 bits per heavy atom. The molecule has 2 amide bonds. The third-order valence-electron chi connectivity index (χ3n) is 3.92. The molecule has 0 saturated heterocycles. The van der Waals surface area contributed by atoms with Crippen molar-refractivity contribution in [3.05, 3.63) is 52.4 Å². The second kappa shape index (κ2) is 9.00. The van der Waals surface area contributed by atoms with Gasteiger partial charge in [0.15, 0.2) is 0 Å². The molecule has 0 radical (unpaired) electrons. The summed E-state index contributed by atoms with van der Waals surface area (Å²) < 4.78 is 6.56. The van der Waals surface area contributed by atoms with E-state index in [1.807, 2.05) is 12.1 Å². The van der Waals surface area contributed by atoms with Crippen LogP contribution in [0.1, 0.15) is 6.42 Å². The lowest BCUT2D eigenvalue weighted by Gasteiger charge is -2.11. The minimum Gasteiger partial charge on any atom is -0.495 e. The van der Waals surface area contributed by atoms with Gasteiger partial charge in [0, 0.05) is 13.0 Å². The molecule has 0 fully saturated rings. The van der Waals surface area contributed by atoms with Crippen LogP contribution in [0.3, 0.4) is 0 Å². The van der Waals surface area contributed by atoms with Crippen LogP contribution >= 0.6 is 11.3 Å². The van der Waals surface area contributed by atoms with Crippen molar-refractivity contribution in [2.24, 2.45) is 0 Å². The van der Waals surface area contributed by atoms with Gasteiger partial charge in [0.1, 0.15) is 10.6 Å². The summed E-state index contributed by atoms with van der Waals surface area (Å²) in [7, 11) is 1.54. The van der Waals surface area contributed by atoms with Crippen molar-refractivity contribution in [3.63, 3.8) is 0 Å². The molecule has 3 rings (SSSR count). The molecular weight excluding hydrogens is 382 g/mol. The predicted molar refractivity (Wildman–Crippen MR) is 106 cm³/mol. The fourth-order valence-electron chi connectivity index (χ4n) is 2.49. The normalized spacial score (nSPS) is 10.5. The number of aryl methyl sites for hydroxylation is 1. The molecule has 0 saturated carbocycles. The van der Waals surface area contributed by atoms with E-state index in [9.17, 15) is 14.4 Å². The van der Waals surface area contributed by atoms with Crippen LogP contribution in [0, 0.1) is 0 Å². The number of anilines is 1. The Labute approximate surface area is 164 Å². The number of para-hydroxylation sites is 2. The molecule has 0 spiro atoms. The summed E-state index contributed by atoms with van der Waals surface area (Å²) in [5.41, 5.74) is 5.13. The molecule has 28 heavy (non-hydrogen) atoms. The lowest BCUT2D eigenvalue weighted by molar-refractivity contribution is -0.128. The van der Waals surface area contributed by atoms with Crippen LogP contribution in [0.2, 0.25) is 0 Å². The topological polar surface area (TPSA) is 114 Å². The molecule has 9 nitrogen and oxygen atoms in total. The Kier molecular flexibility index (Phi) is 6.22. The van der Waals surface area contributed by atoms with Crippen molar-refractivity contribution >= 4 is 39.1 Å². The van der Waals surface area contributed by atoms with Crippen molar-refractivity contribution in [1.82, 2.24) is 20.4 Å². The fraction of sp³-hybridized carbons (Fsp3) is 0.222. The SMILES string of the molecule is COc1ccccc1NCC(=O)NNC(=O)CCn1cnc2sccc2c1=O. The number of carbonyl (C=O) groups is 2. The van der Waals surface area contributed by atoms with E-state index in [1.54, 1.807) is 23.6 Å². The van der Waals surface area contributed by atoms with Crippen LogP contribution in [0.25, 0.3) is 10.2 Å². The zero-order chi connectivity index (χ0) is 19.9. The van der Waals surface area contributed by atoms with E-state index in [2.05, 4.69) is 21.2 Å². The van der Waals surface area contributed by atoms with Gasteiger partial charge in [-0.3, -0.25) is 29.8 Å². The van der Waals surface area contributed by atoms with Gasteiger partial charge in [-0.25, -0.2) is 4.98 Å². The maximum absolute atomic E-state index is 12.3. The molecule has 3 N–H and O–H groups in total. The van der Waals surface area contributed by atoms with Gasteiger partial charge in [-0.1, -0.05) is 12.1 Å². The van der Waals surface area contributed by atoms with E-state index < -0.39 is 11.8 Å². The molecule has 3 aromatic rings. The third kappa shape index (κ3) is 4.65. The zero-order valence-electron chi connectivity index (χ0n) is 15.1. The van der Waals surface area contributed by atoms with Crippen molar-refractivity contribution in [2.75, 3.05) is 19.0 Å². The Morgan fingerprint density at radius 2 is 1.96 bits per heavy atom. The number of hydrazine groups is 1. The number of aromatic nitrogens is 2. The van der Waals surface area contributed by atoms with Crippen LogP contribution in [0.15, 0.2) is 46.8 Å². The number of methoxy groups -OCH3 is 1. The maximum Gasteiger partial charge on any atom is 0.262 e. The average molecular weight is 401 g/mol. The first-order chi connectivity index (χ1) is 13.6. The van der Waals surface area contributed by atoms with Crippen LogP contribution in [0.4, 0.5) is 5.69 Å². The van der Waals surface area contributed by atoms with Gasteiger partial charge in [-0.05, 0) is 23.6 Å². The summed E-state index contributed by atoms with van der Waals surface area (Å²) >= 11 is 1.39. The summed E-state index contributed by atoms with van der Waals surface area (Å²) in [6.45, 7) is 0.123. The molecule has 10 heteroatoms. The number of carbonyl (C=O) groups excluding carboxylic acids is 2. The summed E-state index contributed by atoms with van der Waals surface area (Å²) in [5, 5.41) is 5.25. The maximum atomic E-state index is 12.3. The van der Waals surface area contributed by atoms with Crippen molar-refractivity contribution in [1.29, 1.82) is 0 Å². The number of hydrogen-bond acceptors (Lipinski definition) is 7. The van der Waals surface area contributed by atoms with Crippen LogP contribution in [-0.4, -0.2) is 35.0 Å². The van der Waals surface area contributed by atoms with Gasteiger partial charge in [-0.15, -0.1) is 11.3 Å². The quantitative estimate of drug-likeness (QED) is 0.511. The number of nitrogens with zero attached hydrogens (tertiary/aromatic N) is 2. The standard InChI is InChI=1S/C18H19N5O4S/c1-27-14-5-3-2-4-13(14)19-10-16(25)22-21-15(24)6-8-23-11-20-17-12(18(23)26)7-9-28-17/h2-5,7,9,11,19H,6,8,10H2,1H3,(H,21,24)(H,22,25). The Balaban J connectivity index is 1.44. The molecule has 146 valence electrons. The van der Waals surface area contributed by atoms with Gasteiger partial charge >= 0.3 is 0 Å². The van der Waals surface area contributed by atoms with Gasteiger partial charge in [-0.2, -0.15) is 0 Å². The molecule has 0 unspecified atom stereocenters. The largest absolute Gasteiger partial charge is 0.495 e. The van der Waals surface area contributed by atoms with E-state index in [0.717, 1.165) is 0 Å². The Bertz CT molecular complexity index is 1050. The summed E-state index contributed by atoms with van der Waals surface area (Å²) in [4.78, 5) is 40.9. The molecule has 2 aromatic heterocycles. The van der Waals surface area contributed by atoms with Crippen LogP contribution in [-0.2, 0) is 16.1 Å². The first kappa shape index (κ1) is 19.4. The minimum atomic E-state index is -0.419. The smallest absolute Gasteiger partial charge is 0.262 e. The molecular formula is C18H19N5O4S. The van der Waals surface area contributed by atoms with Crippen LogP contribution in [0.5, 0.6) is 5.75 Å². The van der Waals surface area contributed by atoms with Gasteiger partial charge in [0.25, 0.3) is 11.5 Å². The van der Waals surface area contributed by atoms with E-state index in [1.165, 1.54) is 29.3 Å². The second-order valence-electron chi connectivity index (χ2n) is 5.78. The number of thiophene rings is 1. The molecule has 2 heterocycles. The number of rotatable bonds is 7. The fourth-order valence-corrected chi connectivity index (χ4v) is 3.21. The van der Waals surface area contributed by atoms with Crippen molar-refractivity contribution < 1.29 is 14.3 Å². The number of fused-ring (bicyclic) bond motifs is 1. The van der Waals surface area contributed by atoms with E-state index in [4.69, 9.17) is 4.74 Å². The summed E-state index contributed by atoms with van der Waals surface area (Å²) in [6.07, 6.45) is 1.45. The number of amides is 2. The number of ether oxygens (including phenoxy) is 1. The molecule has 0 aliphatic rings. The predicted octanol–water partition coefficient (Wildman–Crippen LogP) is 1.12. The van der Waals surface area contributed by atoms with E-state index >= 15 is 0 Å². The van der Waals surface area contributed by atoms with E-state index in [0.29, 0.717) is 21.7 Å². The van der Waals surface area contributed by atoms with Gasteiger partial charge in [0.2, 0.25) is 5.91 Å². The minimum absolute atomic E-state index is 0.0252. The summed E-state index contributed by atoms with van der Waals surface area (Å²) in [5.74, 6) is -0.221. The first-order valence-corrected chi connectivity index (χ1v) is 9.33. The number of benzene rings is 1. The molecule has 1 aromatic carbocycles. The highest BCUT2D eigenvalue weighted by molar-refractivity contribution is 7.16. The number of hydrogen-bond donors (Lipinski definition) is 3. The first-order valence-electron chi connectivity index (χ1n) is 8.45. The van der Waals surface area contributed by atoms with Gasteiger partial charge in [0.05, 0.1) is 31.1 Å². The van der Waals surface area contributed by atoms with E-state index in [-0.39, 0.29) is 25.1 Å². The highest BCUT2D eigenvalue weighted by Gasteiger charge is 2.09. The number of nitrogens with one attached hydrogen (secondary N) is 3. The third-order valence-corrected chi connectivity index (χ3v) is 4.74. The van der Waals surface area contributed by atoms with Crippen molar-refractivity contribution in [3.8, 4) is 5.75 Å². The molecule has 0 atom stereocenters. The Hall–Kier alpha value is -3.40. The van der Waals surface area contributed by atoms with Gasteiger partial charge < -0.3 is 10.1 Å². The molecule has 0 aliphatic carbocycles. The average Bonchev–Trinajstić information content (AvgIpc) is 3.20. The monoisotopic (exact) mass is 401 g/mol. The molecule has 0 aliphatic heterocycles. The summed E-state index contributed by atoms with van der Waals surface area (Å²) in [6, 6.07) is 8.89. The Morgan fingerprint density at radius 3 is 2.79 bits per heavy atom.